The number of nitrogens with zero attached hydrogens (tertiary/aromatic N) is 1. The number of anilines is 1. The Morgan fingerprint density at radius 3 is 2.52 bits per heavy atom. The molecule has 1 aromatic heterocycles. The van der Waals surface area contributed by atoms with Crippen molar-refractivity contribution in [3.8, 4) is 0 Å². The summed E-state index contributed by atoms with van der Waals surface area (Å²) in [5, 5.41) is 2.64. The zero-order valence-electron chi connectivity index (χ0n) is 16.5. The second kappa shape index (κ2) is 8.79. The van der Waals surface area contributed by atoms with E-state index in [9.17, 15) is 18.0 Å². The number of aryl methyl sites for hydroxylation is 1. The summed E-state index contributed by atoms with van der Waals surface area (Å²) in [5.74, 6) is -0.111. The molecule has 3 rings (SSSR count). The van der Waals surface area contributed by atoms with E-state index in [1.165, 1.54) is 25.5 Å². The van der Waals surface area contributed by atoms with Crippen LogP contribution in [0.1, 0.15) is 35.7 Å². The molecule has 1 aliphatic rings. The van der Waals surface area contributed by atoms with Gasteiger partial charge in [0.2, 0.25) is 15.9 Å². The van der Waals surface area contributed by atoms with E-state index in [1.807, 2.05) is 0 Å². The first-order valence-electron chi connectivity index (χ1n) is 9.45. The Morgan fingerprint density at radius 1 is 1.21 bits per heavy atom. The predicted molar refractivity (Wildman–Crippen MR) is 108 cm³/mol. The molecular weight excluding hydrogens is 394 g/mol. The standard InChI is InChI=1S/C20H25N3O5S/c1-14-11-18(22-15(2)24)3-4-19(14)29(26,27)21-12-16-5-8-23(9-6-16)20(25)17-7-10-28-13-17/h3-4,7,10-11,13,16,21H,5-6,8-9,12H2,1-2H3,(H,22,24). The van der Waals surface area contributed by atoms with Gasteiger partial charge in [-0.25, -0.2) is 13.1 Å². The van der Waals surface area contributed by atoms with Crippen LogP contribution in [0.5, 0.6) is 0 Å². The van der Waals surface area contributed by atoms with Crippen LogP contribution in [0.4, 0.5) is 5.69 Å². The smallest absolute Gasteiger partial charge is 0.257 e. The number of piperidine rings is 1. The van der Waals surface area contributed by atoms with E-state index in [0.29, 0.717) is 36.4 Å². The number of hydrogen-bond acceptors (Lipinski definition) is 5. The highest BCUT2D eigenvalue weighted by Crippen LogP contribution is 2.22. The lowest BCUT2D eigenvalue weighted by Gasteiger charge is -2.31. The number of nitrogens with one attached hydrogen (secondary N) is 2. The highest BCUT2D eigenvalue weighted by Gasteiger charge is 2.26. The number of furan rings is 1. The zero-order valence-corrected chi connectivity index (χ0v) is 17.3. The van der Waals surface area contributed by atoms with Gasteiger partial charge in [-0.15, -0.1) is 0 Å². The lowest BCUT2D eigenvalue weighted by atomic mass is 9.97. The van der Waals surface area contributed by atoms with Crippen molar-refractivity contribution in [2.24, 2.45) is 5.92 Å². The molecule has 2 heterocycles. The summed E-state index contributed by atoms with van der Waals surface area (Å²) >= 11 is 0. The lowest BCUT2D eigenvalue weighted by molar-refractivity contribution is -0.114. The maximum Gasteiger partial charge on any atom is 0.257 e. The maximum absolute atomic E-state index is 12.7. The fourth-order valence-corrected chi connectivity index (χ4v) is 4.79. The van der Waals surface area contributed by atoms with Crippen molar-refractivity contribution in [3.05, 3.63) is 47.9 Å². The van der Waals surface area contributed by atoms with Crippen LogP contribution in [0.25, 0.3) is 0 Å². The van der Waals surface area contributed by atoms with Gasteiger partial charge >= 0.3 is 0 Å². The fourth-order valence-electron chi connectivity index (χ4n) is 3.45. The molecule has 1 aromatic carbocycles. The highest BCUT2D eigenvalue weighted by molar-refractivity contribution is 7.89. The number of rotatable bonds is 6. The van der Waals surface area contributed by atoms with Crippen molar-refractivity contribution in [1.82, 2.24) is 9.62 Å². The van der Waals surface area contributed by atoms with Crippen LogP contribution < -0.4 is 10.0 Å². The molecule has 2 N–H and O–H groups in total. The van der Waals surface area contributed by atoms with Crippen molar-refractivity contribution >= 4 is 27.5 Å². The van der Waals surface area contributed by atoms with E-state index in [2.05, 4.69) is 10.0 Å². The zero-order chi connectivity index (χ0) is 21.0. The summed E-state index contributed by atoms with van der Waals surface area (Å²) in [6, 6.07) is 6.34. The summed E-state index contributed by atoms with van der Waals surface area (Å²) in [4.78, 5) is 25.4. The molecule has 9 heteroatoms. The van der Waals surface area contributed by atoms with Crippen molar-refractivity contribution < 1.29 is 22.4 Å². The van der Waals surface area contributed by atoms with Crippen LogP contribution >= 0.6 is 0 Å². The van der Waals surface area contributed by atoms with Crippen LogP contribution in [0, 0.1) is 12.8 Å². The van der Waals surface area contributed by atoms with E-state index in [4.69, 9.17) is 4.42 Å². The first-order valence-corrected chi connectivity index (χ1v) is 10.9. The molecule has 0 unspecified atom stereocenters. The molecule has 0 aliphatic carbocycles. The van der Waals surface area contributed by atoms with Gasteiger partial charge in [0.05, 0.1) is 16.7 Å². The van der Waals surface area contributed by atoms with Crippen molar-refractivity contribution in [1.29, 1.82) is 0 Å². The molecule has 0 bridgehead atoms. The molecule has 1 aliphatic heterocycles. The summed E-state index contributed by atoms with van der Waals surface area (Å²) in [5.41, 5.74) is 1.65. The number of benzene rings is 1. The van der Waals surface area contributed by atoms with Crippen molar-refractivity contribution in [2.75, 3.05) is 25.0 Å². The van der Waals surface area contributed by atoms with Gasteiger partial charge < -0.3 is 14.6 Å². The molecule has 156 valence electrons. The monoisotopic (exact) mass is 419 g/mol. The number of amides is 2. The average molecular weight is 420 g/mol. The Labute approximate surface area is 170 Å². The molecule has 0 atom stereocenters. The van der Waals surface area contributed by atoms with Gasteiger partial charge in [-0.1, -0.05) is 0 Å². The summed E-state index contributed by atoms with van der Waals surface area (Å²) in [6.07, 6.45) is 4.36. The van der Waals surface area contributed by atoms with Gasteiger partial charge in [-0.05, 0) is 55.5 Å². The molecular formula is C20H25N3O5S. The molecule has 0 saturated carbocycles. The largest absolute Gasteiger partial charge is 0.472 e. The topological polar surface area (TPSA) is 109 Å². The van der Waals surface area contributed by atoms with E-state index < -0.39 is 10.0 Å². The van der Waals surface area contributed by atoms with E-state index in [1.54, 1.807) is 30.0 Å². The molecule has 1 fully saturated rings. The van der Waals surface area contributed by atoms with Crippen LogP contribution in [-0.2, 0) is 14.8 Å². The van der Waals surface area contributed by atoms with E-state index in [0.717, 1.165) is 12.8 Å². The van der Waals surface area contributed by atoms with E-state index in [-0.39, 0.29) is 22.6 Å². The summed E-state index contributed by atoms with van der Waals surface area (Å²) in [6.45, 7) is 4.58. The van der Waals surface area contributed by atoms with Crippen LogP contribution in [0.2, 0.25) is 0 Å². The Kier molecular flexibility index (Phi) is 6.39. The number of sulfonamides is 1. The number of likely N-dealkylation sites (tertiary alicyclic amines) is 1. The summed E-state index contributed by atoms with van der Waals surface area (Å²) < 4.78 is 33.0. The highest BCUT2D eigenvalue weighted by atomic mass is 32.2. The van der Waals surface area contributed by atoms with Crippen LogP contribution in [0.15, 0.2) is 46.1 Å². The molecule has 1 saturated heterocycles. The fraction of sp³-hybridized carbons (Fsp3) is 0.400. The van der Waals surface area contributed by atoms with Gasteiger partial charge in [0.25, 0.3) is 5.91 Å². The second-order valence-electron chi connectivity index (χ2n) is 7.26. The van der Waals surface area contributed by atoms with Gasteiger partial charge in [0.1, 0.15) is 6.26 Å². The SMILES string of the molecule is CC(=O)Nc1ccc(S(=O)(=O)NCC2CCN(C(=O)c3ccoc3)CC2)c(C)c1. The van der Waals surface area contributed by atoms with Gasteiger partial charge in [0.15, 0.2) is 0 Å². The first kappa shape index (κ1) is 21.1. The molecule has 0 radical (unpaired) electrons. The lowest BCUT2D eigenvalue weighted by Crippen LogP contribution is -2.41. The van der Waals surface area contributed by atoms with Crippen molar-refractivity contribution in [2.45, 2.75) is 31.6 Å². The Morgan fingerprint density at radius 2 is 1.93 bits per heavy atom. The molecule has 8 nitrogen and oxygen atoms in total. The van der Waals surface area contributed by atoms with Gasteiger partial charge in [-0.2, -0.15) is 0 Å². The van der Waals surface area contributed by atoms with Crippen molar-refractivity contribution in [3.63, 3.8) is 0 Å². The third kappa shape index (κ3) is 5.24. The normalized spacial score (nSPS) is 15.3. The minimum atomic E-state index is -3.66. The number of hydrogen-bond donors (Lipinski definition) is 2. The molecule has 2 amide bonds. The Bertz CT molecular complexity index is 978. The third-order valence-electron chi connectivity index (χ3n) is 5.02. The first-order chi connectivity index (χ1) is 13.8. The predicted octanol–water partition coefficient (Wildman–Crippen LogP) is 2.38. The molecule has 2 aromatic rings. The van der Waals surface area contributed by atoms with Crippen LogP contribution in [0.3, 0.4) is 0 Å². The minimum absolute atomic E-state index is 0.0623. The third-order valence-corrected chi connectivity index (χ3v) is 6.60. The minimum Gasteiger partial charge on any atom is -0.472 e. The molecule has 29 heavy (non-hydrogen) atoms. The average Bonchev–Trinajstić information content (AvgIpc) is 3.20. The number of carbonyl (C=O) groups is 2. The Hall–Kier alpha value is -2.65. The summed E-state index contributed by atoms with van der Waals surface area (Å²) in [7, 11) is -3.66. The van der Waals surface area contributed by atoms with E-state index >= 15 is 0 Å². The second-order valence-corrected chi connectivity index (χ2v) is 9.00. The molecule has 0 spiro atoms. The number of carbonyl (C=O) groups excluding carboxylic acids is 2. The van der Waals surface area contributed by atoms with Gasteiger partial charge in [0, 0.05) is 32.2 Å². The maximum atomic E-state index is 12.7. The van der Waals surface area contributed by atoms with Crippen LogP contribution in [-0.4, -0.2) is 44.8 Å². The Balaban J connectivity index is 1.55. The van der Waals surface area contributed by atoms with Gasteiger partial charge in [-0.3, -0.25) is 9.59 Å². The quantitative estimate of drug-likeness (QED) is 0.747.